The van der Waals surface area contributed by atoms with E-state index in [-0.39, 0.29) is 28.7 Å². The van der Waals surface area contributed by atoms with Crippen LogP contribution in [0.15, 0.2) is 17.6 Å². The van der Waals surface area contributed by atoms with Crippen LogP contribution in [0.25, 0.3) is 0 Å². The number of rotatable bonds is 4. The summed E-state index contributed by atoms with van der Waals surface area (Å²) < 4.78 is 23.3. The van der Waals surface area contributed by atoms with Crippen molar-refractivity contribution >= 4 is 32.7 Å². The highest BCUT2D eigenvalue weighted by atomic mass is 32.2. The van der Waals surface area contributed by atoms with Gasteiger partial charge in [0.25, 0.3) is 0 Å². The van der Waals surface area contributed by atoms with Crippen molar-refractivity contribution < 1.29 is 13.2 Å². The van der Waals surface area contributed by atoms with E-state index in [9.17, 15) is 13.2 Å². The lowest BCUT2D eigenvalue weighted by Gasteiger charge is -2.22. The number of sulfone groups is 1. The summed E-state index contributed by atoms with van der Waals surface area (Å²) in [6.45, 7) is 6.15. The van der Waals surface area contributed by atoms with Crippen molar-refractivity contribution in [3.05, 3.63) is 12.7 Å². The van der Waals surface area contributed by atoms with Gasteiger partial charge in [-0.15, -0.1) is 6.58 Å². The SMILES string of the molecule is C=CCN1C(=NC(=O)CCC)S[C@H]2CS(=O)(=O)C[C@H]21. The molecule has 0 saturated carbocycles. The number of thioether (sulfide) groups is 1. The van der Waals surface area contributed by atoms with Gasteiger partial charge in [0.1, 0.15) is 0 Å². The minimum atomic E-state index is -2.96. The average molecular weight is 302 g/mol. The molecule has 1 amide bonds. The Hall–Kier alpha value is -0.820. The lowest BCUT2D eigenvalue weighted by atomic mass is 10.2. The molecule has 0 bridgehead atoms. The molecule has 0 aromatic rings. The van der Waals surface area contributed by atoms with Crippen LogP contribution in [0.4, 0.5) is 0 Å². The van der Waals surface area contributed by atoms with Gasteiger partial charge in [0.15, 0.2) is 15.0 Å². The van der Waals surface area contributed by atoms with Crippen LogP contribution in [0, 0.1) is 0 Å². The number of hydrogen-bond acceptors (Lipinski definition) is 4. The van der Waals surface area contributed by atoms with E-state index < -0.39 is 9.84 Å². The number of aliphatic imine (C=N–C) groups is 1. The maximum atomic E-state index is 11.7. The molecule has 7 heteroatoms. The second-order valence-electron chi connectivity index (χ2n) is 4.78. The first-order chi connectivity index (χ1) is 8.96. The molecule has 0 N–H and O–H groups in total. The minimum absolute atomic E-state index is 0.00173. The van der Waals surface area contributed by atoms with Crippen LogP contribution < -0.4 is 0 Å². The number of hydrogen-bond donors (Lipinski definition) is 0. The second-order valence-corrected chi connectivity index (χ2v) is 8.14. The molecule has 2 aliphatic rings. The molecular formula is C12H18N2O3S2. The predicted molar refractivity (Wildman–Crippen MR) is 78.1 cm³/mol. The third-order valence-corrected chi connectivity index (χ3v) is 6.43. The van der Waals surface area contributed by atoms with Crippen molar-refractivity contribution in [2.45, 2.75) is 31.1 Å². The van der Waals surface area contributed by atoms with Crippen molar-refractivity contribution in [3.8, 4) is 0 Å². The molecule has 2 rings (SSSR count). The van der Waals surface area contributed by atoms with Crippen molar-refractivity contribution in [2.24, 2.45) is 4.99 Å². The Balaban J connectivity index is 2.19. The quantitative estimate of drug-likeness (QED) is 0.727. The van der Waals surface area contributed by atoms with Gasteiger partial charge in [-0.1, -0.05) is 24.8 Å². The van der Waals surface area contributed by atoms with Gasteiger partial charge in [-0.2, -0.15) is 4.99 Å². The van der Waals surface area contributed by atoms with Gasteiger partial charge in [-0.25, -0.2) is 8.42 Å². The van der Waals surface area contributed by atoms with Gasteiger partial charge >= 0.3 is 0 Å². The maximum absolute atomic E-state index is 11.7. The van der Waals surface area contributed by atoms with Gasteiger partial charge in [-0.05, 0) is 6.42 Å². The minimum Gasteiger partial charge on any atom is -0.342 e. The lowest BCUT2D eigenvalue weighted by Crippen LogP contribution is -2.37. The molecule has 0 aliphatic carbocycles. The lowest BCUT2D eigenvalue weighted by molar-refractivity contribution is -0.117. The molecule has 0 aromatic heterocycles. The number of amides is 1. The highest BCUT2D eigenvalue weighted by molar-refractivity contribution is 8.15. The Bertz CT molecular complexity index is 513. The first kappa shape index (κ1) is 14.6. The van der Waals surface area contributed by atoms with Gasteiger partial charge < -0.3 is 4.90 Å². The first-order valence-electron chi connectivity index (χ1n) is 6.33. The molecule has 2 fully saturated rings. The zero-order chi connectivity index (χ0) is 14.0. The summed E-state index contributed by atoms with van der Waals surface area (Å²) in [6, 6.07) is -0.0684. The van der Waals surface area contributed by atoms with E-state index >= 15 is 0 Å². The van der Waals surface area contributed by atoms with E-state index in [2.05, 4.69) is 11.6 Å². The van der Waals surface area contributed by atoms with Crippen LogP contribution in [0.2, 0.25) is 0 Å². The normalized spacial score (nSPS) is 30.6. The standard InChI is InChI=1S/C12H18N2O3S2/c1-3-5-11(15)13-12-14(6-4-2)9-7-19(16,17)8-10(9)18-12/h4,9-10H,2-3,5-8H2,1H3/t9-,10+/m1/s1. The smallest absolute Gasteiger partial charge is 0.248 e. The van der Waals surface area contributed by atoms with Crippen LogP contribution in [0.5, 0.6) is 0 Å². The molecule has 2 aliphatic heterocycles. The summed E-state index contributed by atoms with van der Waals surface area (Å²) in [5.41, 5.74) is 0. The topological polar surface area (TPSA) is 66.8 Å². The number of fused-ring (bicyclic) bond motifs is 1. The average Bonchev–Trinajstić information content (AvgIpc) is 2.74. The molecule has 19 heavy (non-hydrogen) atoms. The zero-order valence-electron chi connectivity index (χ0n) is 10.9. The number of carbonyl (C=O) groups excluding carboxylic acids is 1. The fourth-order valence-corrected chi connectivity index (χ4v) is 6.34. The van der Waals surface area contributed by atoms with Crippen LogP contribution in [-0.4, -0.2) is 53.7 Å². The van der Waals surface area contributed by atoms with Gasteiger partial charge in [-0.3, -0.25) is 4.79 Å². The molecule has 106 valence electrons. The third kappa shape index (κ3) is 3.20. The molecule has 0 spiro atoms. The fraction of sp³-hybridized carbons (Fsp3) is 0.667. The van der Waals surface area contributed by atoms with Crippen LogP contribution in [0.3, 0.4) is 0 Å². The number of carbonyl (C=O) groups is 1. The largest absolute Gasteiger partial charge is 0.342 e. The monoisotopic (exact) mass is 302 g/mol. The Morgan fingerprint density at radius 1 is 1.58 bits per heavy atom. The third-order valence-electron chi connectivity index (χ3n) is 3.18. The van der Waals surface area contributed by atoms with Crippen molar-refractivity contribution in [1.29, 1.82) is 0 Å². The molecule has 0 aromatic carbocycles. The van der Waals surface area contributed by atoms with Crippen molar-refractivity contribution in [1.82, 2.24) is 4.90 Å². The van der Waals surface area contributed by atoms with Crippen LogP contribution in [-0.2, 0) is 14.6 Å². The summed E-state index contributed by atoms with van der Waals surface area (Å²) in [5.74, 6) is 0.193. The predicted octanol–water partition coefficient (Wildman–Crippen LogP) is 1.07. The van der Waals surface area contributed by atoms with E-state index in [1.807, 2.05) is 11.8 Å². The highest BCUT2D eigenvalue weighted by Gasteiger charge is 2.48. The van der Waals surface area contributed by atoms with Crippen molar-refractivity contribution in [2.75, 3.05) is 18.1 Å². The summed E-state index contributed by atoms with van der Waals surface area (Å²) in [6.07, 6.45) is 2.91. The Labute approximate surface area is 118 Å². The first-order valence-corrected chi connectivity index (χ1v) is 9.03. The Morgan fingerprint density at radius 2 is 2.32 bits per heavy atom. The van der Waals surface area contributed by atoms with Crippen LogP contribution >= 0.6 is 11.8 Å². The molecular weight excluding hydrogens is 284 g/mol. The summed E-state index contributed by atoms with van der Waals surface area (Å²) in [7, 11) is -2.96. The molecule has 0 unspecified atom stereocenters. The van der Waals surface area contributed by atoms with Gasteiger partial charge in [0.05, 0.1) is 17.5 Å². The number of amidine groups is 1. The molecule has 5 nitrogen and oxygen atoms in total. The summed E-state index contributed by atoms with van der Waals surface area (Å²) in [5, 5.41) is 0.654. The molecule has 2 heterocycles. The van der Waals surface area contributed by atoms with Gasteiger partial charge in [0, 0.05) is 18.2 Å². The van der Waals surface area contributed by atoms with Crippen molar-refractivity contribution in [3.63, 3.8) is 0 Å². The molecule has 2 atom stereocenters. The summed E-state index contributed by atoms with van der Waals surface area (Å²) >= 11 is 1.41. The second kappa shape index (κ2) is 5.66. The van der Waals surface area contributed by atoms with E-state index in [4.69, 9.17) is 0 Å². The maximum Gasteiger partial charge on any atom is 0.248 e. The zero-order valence-corrected chi connectivity index (χ0v) is 12.5. The fourth-order valence-electron chi connectivity index (χ4n) is 2.36. The summed E-state index contributed by atoms with van der Waals surface area (Å²) in [4.78, 5) is 17.6. The van der Waals surface area contributed by atoms with Crippen LogP contribution in [0.1, 0.15) is 19.8 Å². The Kier molecular flexibility index (Phi) is 4.35. The Morgan fingerprint density at radius 3 is 2.95 bits per heavy atom. The van der Waals surface area contributed by atoms with E-state index in [0.717, 1.165) is 6.42 Å². The molecule has 2 saturated heterocycles. The van der Waals surface area contributed by atoms with E-state index in [1.54, 1.807) is 6.08 Å². The molecule has 0 radical (unpaired) electrons. The van der Waals surface area contributed by atoms with E-state index in [1.165, 1.54) is 11.8 Å². The van der Waals surface area contributed by atoms with E-state index in [0.29, 0.717) is 18.1 Å². The number of nitrogens with zero attached hydrogens (tertiary/aromatic N) is 2. The highest BCUT2D eigenvalue weighted by Crippen LogP contribution is 2.37. The van der Waals surface area contributed by atoms with Gasteiger partial charge in [0.2, 0.25) is 5.91 Å².